The minimum atomic E-state index is -0.592. The van der Waals surface area contributed by atoms with Gasteiger partial charge in [-0.25, -0.2) is 4.39 Å². The zero-order valence-electron chi connectivity index (χ0n) is 16.9. The van der Waals surface area contributed by atoms with Gasteiger partial charge in [-0.3, -0.25) is 4.79 Å². The molecule has 1 fully saturated rings. The van der Waals surface area contributed by atoms with Gasteiger partial charge in [0.1, 0.15) is 11.9 Å². The predicted molar refractivity (Wildman–Crippen MR) is 108 cm³/mol. The van der Waals surface area contributed by atoms with Crippen molar-refractivity contribution in [1.82, 2.24) is 25.9 Å². The number of halogens is 1. The van der Waals surface area contributed by atoms with Gasteiger partial charge >= 0.3 is 0 Å². The van der Waals surface area contributed by atoms with Crippen molar-refractivity contribution in [2.75, 3.05) is 0 Å². The lowest BCUT2D eigenvalue weighted by atomic mass is 10.0. The highest BCUT2D eigenvalue weighted by Gasteiger charge is 2.46. The van der Waals surface area contributed by atoms with Crippen molar-refractivity contribution < 1.29 is 13.9 Å². The summed E-state index contributed by atoms with van der Waals surface area (Å²) in [6.07, 6.45) is 1.16. The number of aromatic amines is 1. The van der Waals surface area contributed by atoms with E-state index in [2.05, 4.69) is 25.9 Å². The standard InChI is InChI=1S/C22H24FN5O2/c1-14(2)19(30-13-15-3-9-18(23)10-4-15)21(29)24-22(11-12-22)17-7-5-16(6-8-17)20-25-27-28-26-20/h3-10,14,19H,11-13H2,1-2H3,(H,24,29)(H,25,26,27,28). The monoisotopic (exact) mass is 409 g/mol. The van der Waals surface area contributed by atoms with Crippen LogP contribution in [0.15, 0.2) is 48.5 Å². The molecule has 1 unspecified atom stereocenters. The summed E-state index contributed by atoms with van der Waals surface area (Å²) < 4.78 is 19.0. The normalized spacial score (nSPS) is 15.7. The highest BCUT2D eigenvalue weighted by Crippen LogP contribution is 2.46. The largest absolute Gasteiger partial charge is 0.363 e. The third-order valence-corrected chi connectivity index (χ3v) is 5.36. The van der Waals surface area contributed by atoms with Gasteiger partial charge in [0.2, 0.25) is 11.7 Å². The molecule has 1 atom stereocenters. The number of amides is 1. The Hall–Kier alpha value is -3.13. The molecule has 4 rings (SSSR count). The van der Waals surface area contributed by atoms with Crippen LogP contribution in [-0.4, -0.2) is 32.6 Å². The molecular weight excluding hydrogens is 385 g/mol. The fraction of sp³-hybridized carbons (Fsp3) is 0.364. The van der Waals surface area contributed by atoms with Gasteiger partial charge in [-0.05, 0) is 47.2 Å². The van der Waals surface area contributed by atoms with Crippen molar-refractivity contribution in [1.29, 1.82) is 0 Å². The predicted octanol–water partition coefficient (Wildman–Crippen LogP) is 3.35. The van der Waals surface area contributed by atoms with E-state index in [1.807, 2.05) is 38.1 Å². The molecule has 156 valence electrons. The van der Waals surface area contributed by atoms with Crippen molar-refractivity contribution in [3.05, 3.63) is 65.5 Å². The van der Waals surface area contributed by atoms with Gasteiger partial charge < -0.3 is 10.1 Å². The molecule has 3 aromatic rings. The van der Waals surface area contributed by atoms with Crippen LogP contribution in [0.25, 0.3) is 11.4 Å². The molecule has 7 nitrogen and oxygen atoms in total. The Morgan fingerprint density at radius 2 is 1.87 bits per heavy atom. The highest BCUT2D eigenvalue weighted by atomic mass is 19.1. The summed E-state index contributed by atoms with van der Waals surface area (Å²) in [7, 11) is 0. The van der Waals surface area contributed by atoms with Gasteiger partial charge in [0, 0.05) is 5.56 Å². The first-order valence-electron chi connectivity index (χ1n) is 9.99. The van der Waals surface area contributed by atoms with Crippen LogP contribution in [0.5, 0.6) is 0 Å². The topological polar surface area (TPSA) is 92.8 Å². The third-order valence-electron chi connectivity index (χ3n) is 5.36. The number of benzene rings is 2. The third kappa shape index (κ3) is 4.38. The van der Waals surface area contributed by atoms with Gasteiger partial charge in [0.05, 0.1) is 12.1 Å². The van der Waals surface area contributed by atoms with Gasteiger partial charge in [0.15, 0.2) is 0 Å². The number of hydrogen-bond acceptors (Lipinski definition) is 5. The maximum absolute atomic E-state index is 13.1. The van der Waals surface area contributed by atoms with E-state index in [0.29, 0.717) is 5.82 Å². The lowest BCUT2D eigenvalue weighted by Crippen LogP contribution is -2.44. The van der Waals surface area contributed by atoms with Crippen molar-refractivity contribution in [3.8, 4) is 11.4 Å². The van der Waals surface area contributed by atoms with E-state index < -0.39 is 6.10 Å². The fourth-order valence-corrected chi connectivity index (χ4v) is 3.48. The van der Waals surface area contributed by atoms with Crippen molar-refractivity contribution in [2.45, 2.75) is 44.9 Å². The molecule has 2 aromatic carbocycles. The quantitative estimate of drug-likeness (QED) is 0.595. The van der Waals surface area contributed by atoms with Crippen LogP contribution in [0.1, 0.15) is 37.8 Å². The number of rotatable bonds is 8. The molecule has 0 aliphatic heterocycles. The maximum Gasteiger partial charge on any atom is 0.250 e. The van der Waals surface area contributed by atoms with Crippen LogP contribution in [0.4, 0.5) is 4.39 Å². The molecule has 1 aliphatic carbocycles. The number of carbonyl (C=O) groups excluding carboxylic acids is 1. The van der Waals surface area contributed by atoms with Crippen LogP contribution < -0.4 is 5.32 Å². The van der Waals surface area contributed by atoms with Gasteiger partial charge in [-0.15, -0.1) is 10.2 Å². The zero-order valence-corrected chi connectivity index (χ0v) is 16.9. The van der Waals surface area contributed by atoms with Crippen molar-refractivity contribution >= 4 is 5.91 Å². The Bertz CT molecular complexity index is 983. The minimum absolute atomic E-state index is 0.00173. The van der Waals surface area contributed by atoms with Crippen molar-refractivity contribution in [2.24, 2.45) is 5.92 Å². The summed E-state index contributed by atoms with van der Waals surface area (Å²) in [6.45, 7) is 4.16. The van der Waals surface area contributed by atoms with E-state index >= 15 is 0 Å². The van der Waals surface area contributed by atoms with Crippen molar-refractivity contribution in [3.63, 3.8) is 0 Å². The number of hydrogen-bond donors (Lipinski definition) is 2. The van der Waals surface area contributed by atoms with Crippen LogP contribution in [0.3, 0.4) is 0 Å². The lowest BCUT2D eigenvalue weighted by molar-refractivity contribution is -0.137. The average molecular weight is 409 g/mol. The molecule has 1 saturated carbocycles. The maximum atomic E-state index is 13.1. The van der Waals surface area contributed by atoms with Gasteiger partial charge in [-0.2, -0.15) is 5.21 Å². The number of nitrogens with zero attached hydrogens (tertiary/aromatic N) is 3. The number of H-pyrrole nitrogens is 1. The second-order valence-electron chi connectivity index (χ2n) is 7.99. The summed E-state index contributed by atoms with van der Waals surface area (Å²) >= 11 is 0. The summed E-state index contributed by atoms with van der Waals surface area (Å²) in [4.78, 5) is 13.0. The Labute approximate surface area is 174 Å². The highest BCUT2D eigenvalue weighted by molar-refractivity contribution is 5.82. The average Bonchev–Trinajstić information content (AvgIpc) is 3.30. The van der Waals surface area contributed by atoms with Crippen LogP contribution in [0.2, 0.25) is 0 Å². The number of ether oxygens (including phenoxy) is 1. The van der Waals surface area contributed by atoms with E-state index in [1.165, 1.54) is 12.1 Å². The Morgan fingerprint density at radius 3 is 2.43 bits per heavy atom. The zero-order chi connectivity index (χ0) is 21.1. The summed E-state index contributed by atoms with van der Waals surface area (Å²) in [5.74, 6) is 0.108. The smallest absolute Gasteiger partial charge is 0.250 e. The van der Waals surface area contributed by atoms with E-state index in [0.717, 1.165) is 29.5 Å². The van der Waals surface area contributed by atoms with E-state index in [1.54, 1.807) is 12.1 Å². The number of aromatic nitrogens is 4. The number of nitrogens with one attached hydrogen (secondary N) is 2. The Kier molecular flexibility index (Phi) is 5.59. The molecule has 1 heterocycles. The second-order valence-corrected chi connectivity index (χ2v) is 7.99. The second kappa shape index (κ2) is 8.31. The summed E-state index contributed by atoms with van der Waals surface area (Å²) in [5.41, 5.74) is 2.37. The lowest BCUT2D eigenvalue weighted by Gasteiger charge is -2.25. The molecule has 0 saturated heterocycles. The molecule has 0 bridgehead atoms. The Balaban J connectivity index is 1.42. The first-order chi connectivity index (χ1) is 14.5. The van der Waals surface area contributed by atoms with Crippen LogP contribution in [-0.2, 0) is 21.7 Å². The first kappa shape index (κ1) is 20.2. The van der Waals surface area contributed by atoms with E-state index in [9.17, 15) is 9.18 Å². The van der Waals surface area contributed by atoms with E-state index in [-0.39, 0.29) is 29.8 Å². The molecule has 8 heteroatoms. The molecule has 0 spiro atoms. The molecule has 30 heavy (non-hydrogen) atoms. The first-order valence-corrected chi connectivity index (χ1v) is 9.99. The molecular formula is C22H24FN5O2. The van der Waals surface area contributed by atoms with Crippen LogP contribution >= 0.6 is 0 Å². The number of carbonyl (C=O) groups is 1. The summed E-state index contributed by atoms with van der Waals surface area (Å²) in [5, 5.41) is 17.2. The molecule has 1 aromatic heterocycles. The van der Waals surface area contributed by atoms with Gasteiger partial charge in [-0.1, -0.05) is 50.2 Å². The van der Waals surface area contributed by atoms with Crippen LogP contribution in [0, 0.1) is 11.7 Å². The molecule has 0 radical (unpaired) electrons. The summed E-state index contributed by atoms with van der Waals surface area (Å²) in [6, 6.07) is 13.9. The molecule has 1 aliphatic rings. The number of tetrazole rings is 1. The SMILES string of the molecule is CC(C)C(OCc1ccc(F)cc1)C(=O)NC1(c2ccc(-c3nn[nH]n3)cc2)CC1. The molecule has 2 N–H and O–H groups in total. The van der Waals surface area contributed by atoms with E-state index in [4.69, 9.17) is 4.74 Å². The fourth-order valence-electron chi connectivity index (χ4n) is 3.48. The minimum Gasteiger partial charge on any atom is -0.363 e. The van der Waals surface area contributed by atoms with Gasteiger partial charge in [0.25, 0.3) is 0 Å². The Morgan fingerprint density at radius 1 is 1.17 bits per heavy atom. The molecule has 1 amide bonds.